The van der Waals surface area contributed by atoms with Gasteiger partial charge in [0.2, 0.25) is 5.91 Å². The molecule has 27 heavy (non-hydrogen) atoms. The maximum absolute atomic E-state index is 12.4. The molecule has 1 unspecified atom stereocenters. The van der Waals surface area contributed by atoms with Crippen LogP contribution in [0.3, 0.4) is 0 Å². The second-order valence-corrected chi connectivity index (χ2v) is 7.04. The highest BCUT2D eigenvalue weighted by Gasteiger charge is 2.24. The molecule has 0 saturated carbocycles. The van der Waals surface area contributed by atoms with E-state index in [0.717, 1.165) is 42.8 Å². The molecule has 1 amide bonds. The molecule has 1 saturated heterocycles. The summed E-state index contributed by atoms with van der Waals surface area (Å²) in [6.45, 7) is 4.08. The summed E-state index contributed by atoms with van der Waals surface area (Å²) in [5.41, 5.74) is 8.14. The molecule has 0 bridgehead atoms. The summed E-state index contributed by atoms with van der Waals surface area (Å²) in [5, 5.41) is 0. The third-order valence-electron chi connectivity index (χ3n) is 5.18. The standard InChI is InChI=1S/C22H28N2O2.ClH/c1-17(23)18-11-14-24(15-12-18)22(25)13-16-26-21-10-6-5-9-20(21)19-7-3-2-4-8-19;/h2-10,17-18H,11-16,23H2,1H3;1H. The number of piperidine rings is 1. The van der Waals surface area contributed by atoms with E-state index in [0.29, 0.717) is 18.9 Å². The highest BCUT2D eigenvalue weighted by Crippen LogP contribution is 2.29. The number of para-hydroxylation sites is 1. The van der Waals surface area contributed by atoms with E-state index >= 15 is 0 Å². The van der Waals surface area contributed by atoms with E-state index in [1.165, 1.54) is 0 Å². The van der Waals surface area contributed by atoms with Gasteiger partial charge in [-0.3, -0.25) is 4.79 Å². The van der Waals surface area contributed by atoms with Crippen molar-refractivity contribution >= 4 is 18.3 Å². The van der Waals surface area contributed by atoms with Crippen molar-refractivity contribution in [2.45, 2.75) is 32.2 Å². The zero-order chi connectivity index (χ0) is 18.4. The molecule has 1 aliphatic rings. The van der Waals surface area contributed by atoms with Gasteiger partial charge in [0.25, 0.3) is 0 Å². The van der Waals surface area contributed by atoms with Crippen LogP contribution in [-0.4, -0.2) is 36.5 Å². The maximum atomic E-state index is 12.4. The molecule has 0 radical (unpaired) electrons. The first kappa shape index (κ1) is 21.3. The predicted octanol–water partition coefficient (Wildman–Crippen LogP) is 4.13. The number of likely N-dealkylation sites (tertiary alicyclic amines) is 1. The summed E-state index contributed by atoms with van der Waals surface area (Å²) >= 11 is 0. The van der Waals surface area contributed by atoms with E-state index in [9.17, 15) is 4.79 Å². The summed E-state index contributed by atoms with van der Waals surface area (Å²) in [5.74, 6) is 1.53. The second-order valence-electron chi connectivity index (χ2n) is 7.04. The predicted molar refractivity (Wildman–Crippen MR) is 112 cm³/mol. The number of amides is 1. The Morgan fingerprint density at radius 3 is 2.41 bits per heavy atom. The molecule has 1 atom stereocenters. The number of halogens is 1. The molecular formula is C22H29ClN2O2. The van der Waals surface area contributed by atoms with E-state index in [1.807, 2.05) is 47.4 Å². The van der Waals surface area contributed by atoms with Gasteiger partial charge in [-0.05, 0) is 37.3 Å². The molecule has 2 aromatic rings. The molecule has 0 spiro atoms. The molecule has 5 heteroatoms. The number of carbonyl (C=O) groups is 1. The van der Waals surface area contributed by atoms with Gasteiger partial charge in [-0.15, -0.1) is 12.4 Å². The Balaban J connectivity index is 0.00000261. The van der Waals surface area contributed by atoms with Crippen molar-refractivity contribution in [2.24, 2.45) is 11.7 Å². The van der Waals surface area contributed by atoms with Crippen LogP contribution in [-0.2, 0) is 4.79 Å². The molecule has 3 rings (SSSR count). The molecule has 1 fully saturated rings. The fourth-order valence-corrected chi connectivity index (χ4v) is 3.53. The number of rotatable bonds is 6. The summed E-state index contributed by atoms with van der Waals surface area (Å²) in [7, 11) is 0. The Morgan fingerprint density at radius 1 is 1.11 bits per heavy atom. The van der Waals surface area contributed by atoms with Crippen molar-refractivity contribution in [3.8, 4) is 16.9 Å². The van der Waals surface area contributed by atoms with Gasteiger partial charge in [0.05, 0.1) is 13.0 Å². The average molecular weight is 389 g/mol. The normalized spacial score (nSPS) is 15.7. The van der Waals surface area contributed by atoms with Crippen LogP contribution in [0, 0.1) is 5.92 Å². The van der Waals surface area contributed by atoms with Crippen LogP contribution in [0.1, 0.15) is 26.2 Å². The summed E-state index contributed by atoms with van der Waals surface area (Å²) in [6.07, 6.45) is 2.41. The molecule has 1 heterocycles. The lowest BCUT2D eigenvalue weighted by Crippen LogP contribution is -2.42. The van der Waals surface area contributed by atoms with Crippen LogP contribution in [0.5, 0.6) is 5.75 Å². The lowest BCUT2D eigenvalue weighted by molar-refractivity contribution is -0.133. The van der Waals surface area contributed by atoms with Crippen LogP contribution in [0.4, 0.5) is 0 Å². The minimum Gasteiger partial charge on any atom is -0.492 e. The first-order chi connectivity index (χ1) is 12.6. The molecule has 146 valence electrons. The minimum atomic E-state index is 0. The number of nitrogens with two attached hydrogens (primary N) is 1. The number of hydrogen-bond donors (Lipinski definition) is 1. The van der Waals surface area contributed by atoms with Gasteiger partial charge in [0, 0.05) is 24.7 Å². The van der Waals surface area contributed by atoms with E-state index in [2.05, 4.69) is 19.1 Å². The molecule has 4 nitrogen and oxygen atoms in total. The largest absolute Gasteiger partial charge is 0.492 e. The Kier molecular flexibility index (Phi) is 8.14. The number of carbonyl (C=O) groups excluding carboxylic acids is 1. The molecular weight excluding hydrogens is 360 g/mol. The lowest BCUT2D eigenvalue weighted by atomic mass is 9.91. The Morgan fingerprint density at radius 2 is 1.74 bits per heavy atom. The van der Waals surface area contributed by atoms with Crippen molar-refractivity contribution < 1.29 is 9.53 Å². The lowest BCUT2D eigenvalue weighted by Gasteiger charge is -2.33. The smallest absolute Gasteiger partial charge is 0.225 e. The SMILES string of the molecule is CC(N)C1CCN(C(=O)CCOc2ccccc2-c2ccccc2)CC1.Cl. The van der Waals surface area contributed by atoms with Crippen molar-refractivity contribution in [2.75, 3.05) is 19.7 Å². The fraction of sp³-hybridized carbons (Fsp3) is 0.409. The highest BCUT2D eigenvalue weighted by atomic mass is 35.5. The monoisotopic (exact) mass is 388 g/mol. The summed E-state index contributed by atoms with van der Waals surface area (Å²) < 4.78 is 5.94. The van der Waals surface area contributed by atoms with Crippen molar-refractivity contribution in [3.63, 3.8) is 0 Å². The number of benzene rings is 2. The van der Waals surface area contributed by atoms with Crippen LogP contribution in [0.15, 0.2) is 54.6 Å². The first-order valence-corrected chi connectivity index (χ1v) is 9.46. The Bertz CT molecular complexity index is 713. The first-order valence-electron chi connectivity index (χ1n) is 9.46. The van der Waals surface area contributed by atoms with Gasteiger partial charge in [0.1, 0.15) is 5.75 Å². The van der Waals surface area contributed by atoms with Crippen molar-refractivity contribution in [1.82, 2.24) is 4.90 Å². The molecule has 2 aromatic carbocycles. The zero-order valence-corrected chi connectivity index (χ0v) is 16.7. The quantitative estimate of drug-likeness (QED) is 0.809. The van der Waals surface area contributed by atoms with Gasteiger partial charge >= 0.3 is 0 Å². The van der Waals surface area contributed by atoms with Crippen LogP contribution in [0.2, 0.25) is 0 Å². The fourth-order valence-electron chi connectivity index (χ4n) is 3.53. The second kappa shape index (κ2) is 10.3. The average Bonchev–Trinajstić information content (AvgIpc) is 2.69. The maximum Gasteiger partial charge on any atom is 0.225 e. The van der Waals surface area contributed by atoms with Gasteiger partial charge in [-0.25, -0.2) is 0 Å². The van der Waals surface area contributed by atoms with Gasteiger partial charge < -0.3 is 15.4 Å². The van der Waals surface area contributed by atoms with E-state index < -0.39 is 0 Å². The Labute approximate surface area is 168 Å². The van der Waals surface area contributed by atoms with Crippen molar-refractivity contribution in [1.29, 1.82) is 0 Å². The topological polar surface area (TPSA) is 55.6 Å². The van der Waals surface area contributed by atoms with Crippen LogP contribution >= 0.6 is 12.4 Å². The number of nitrogens with zero attached hydrogens (tertiary/aromatic N) is 1. The summed E-state index contributed by atoms with van der Waals surface area (Å²) in [4.78, 5) is 14.4. The molecule has 2 N–H and O–H groups in total. The van der Waals surface area contributed by atoms with E-state index in [1.54, 1.807) is 0 Å². The van der Waals surface area contributed by atoms with E-state index in [4.69, 9.17) is 10.5 Å². The third-order valence-corrected chi connectivity index (χ3v) is 5.18. The van der Waals surface area contributed by atoms with Crippen LogP contribution in [0.25, 0.3) is 11.1 Å². The van der Waals surface area contributed by atoms with Gasteiger partial charge in [-0.2, -0.15) is 0 Å². The Hall–Kier alpha value is -2.04. The molecule has 0 aliphatic carbocycles. The minimum absolute atomic E-state index is 0. The van der Waals surface area contributed by atoms with Crippen LogP contribution < -0.4 is 10.5 Å². The third kappa shape index (κ3) is 5.72. The van der Waals surface area contributed by atoms with Gasteiger partial charge in [0.15, 0.2) is 0 Å². The number of hydrogen-bond acceptors (Lipinski definition) is 3. The zero-order valence-electron chi connectivity index (χ0n) is 15.8. The highest BCUT2D eigenvalue weighted by molar-refractivity contribution is 5.85. The van der Waals surface area contributed by atoms with E-state index in [-0.39, 0.29) is 24.4 Å². The van der Waals surface area contributed by atoms with Gasteiger partial charge in [-0.1, -0.05) is 48.5 Å². The molecule has 0 aromatic heterocycles. The number of ether oxygens (including phenoxy) is 1. The summed E-state index contributed by atoms with van der Waals surface area (Å²) in [6, 6.07) is 18.3. The molecule has 1 aliphatic heterocycles. The van der Waals surface area contributed by atoms with Crippen molar-refractivity contribution in [3.05, 3.63) is 54.6 Å².